The molecule has 4 rings (SSSR count). The van der Waals surface area contributed by atoms with Crippen molar-refractivity contribution in [2.45, 2.75) is 6.61 Å². The van der Waals surface area contributed by atoms with Crippen molar-refractivity contribution in [1.29, 1.82) is 0 Å². The summed E-state index contributed by atoms with van der Waals surface area (Å²) in [6.45, 7) is 0.273. The maximum absolute atomic E-state index is 5.95. The molecule has 3 heterocycles. The quantitative estimate of drug-likeness (QED) is 0.534. The van der Waals surface area contributed by atoms with E-state index in [-0.39, 0.29) is 12.5 Å². The number of methoxy groups -OCH3 is 1. The van der Waals surface area contributed by atoms with E-state index in [1.807, 2.05) is 18.2 Å². The van der Waals surface area contributed by atoms with E-state index in [0.29, 0.717) is 22.3 Å². The standard InChI is InChI=1S/C17H13ClN6O2/c1-25-10-14-15(20-23-24(14)13-6-4-12(18)5-7-13)17-22-21-16(26-17)11-3-2-8-19-9-11/h2-9H,10H2,1H3. The van der Waals surface area contributed by atoms with Gasteiger partial charge in [-0.2, -0.15) is 0 Å². The lowest BCUT2D eigenvalue weighted by Gasteiger charge is -2.06. The first-order valence-electron chi connectivity index (χ1n) is 7.70. The minimum Gasteiger partial charge on any atom is -0.414 e. The van der Waals surface area contributed by atoms with Gasteiger partial charge in [-0.15, -0.1) is 15.3 Å². The van der Waals surface area contributed by atoms with Crippen LogP contribution in [0.1, 0.15) is 5.69 Å². The first kappa shape index (κ1) is 16.4. The summed E-state index contributed by atoms with van der Waals surface area (Å²) < 4.78 is 12.7. The lowest BCUT2D eigenvalue weighted by atomic mass is 10.3. The highest BCUT2D eigenvalue weighted by Gasteiger charge is 2.21. The molecule has 0 bridgehead atoms. The van der Waals surface area contributed by atoms with Crippen LogP contribution in [-0.2, 0) is 11.3 Å². The highest BCUT2D eigenvalue weighted by atomic mass is 35.5. The van der Waals surface area contributed by atoms with Crippen molar-refractivity contribution in [2.75, 3.05) is 7.11 Å². The molecule has 130 valence electrons. The van der Waals surface area contributed by atoms with Crippen molar-refractivity contribution in [1.82, 2.24) is 30.2 Å². The van der Waals surface area contributed by atoms with Gasteiger partial charge in [0.2, 0.25) is 5.89 Å². The van der Waals surface area contributed by atoms with Gasteiger partial charge in [-0.3, -0.25) is 4.98 Å². The van der Waals surface area contributed by atoms with Crippen LogP contribution in [0.25, 0.3) is 28.7 Å². The van der Waals surface area contributed by atoms with Crippen LogP contribution in [0.5, 0.6) is 0 Å². The molecule has 8 nitrogen and oxygen atoms in total. The Balaban J connectivity index is 1.75. The normalized spacial score (nSPS) is 11.0. The van der Waals surface area contributed by atoms with Gasteiger partial charge < -0.3 is 9.15 Å². The van der Waals surface area contributed by atoms with Crippen LogP contribution >= 0.6 is 11.6 Å². The second kappa shape index (κ2) is 7.03. The van der Waals surface area contributed by atoms with E-state index < -0.39 is 0 Å². The van der Waals surface area contributed by atoms with Gasteiger partial charge in [0, 0.05) is 24.5 Å². The van der Waals surface area contributed by atoms with E-state index in [1.54, 1.807) is 42.4 Å². The predicted molar refractivity (Wildman–Crippen MR) is 93.6 cm³/mol. The number of aromatic nitrogens is 6. The van der Waals surface area contributed by atoms with Gasteiger partial charge in [0.25, 0.3) is 5.89 Å². The summed E-state index contributed by atoms with van der Waals surface area (Å²) in [5, 5.41) is 17.2. The summed E-state index contributed by atoms with van der Waals surface area (Å²) in [5.74, 6) is 0.619. The molecule has 0 saturated carbocycles. The number of halogens is 1. The Morgan fingerprint density at radius 1 is 1.08 bits per heavy atom. The molecule has 0 fully saturated rings. The molecule has 0 aliphatic carbocycles. The molecular weight excluding hydrogens is 356 g/mol. The zero-order valence-electron chi connectivity index (χ0n) is 13.7. The molecule has 1 aromatic carbocycles. The molecule has 0 saturated heterocycles. The van der Waals surface area contributed by atoms with Crippen LogP contribution < -0.4 is 0 Å². The third-order valence-electron chi connectivity index (χ3n) is 3.65. The fourth-order valence-corrected chi connectivity index (χ4v) is 2.57. The highest BCUT2D eigenvalue weighted by Crippen LogP contribution is 2.26. The van der Waals surface area contributed by atoms with Crippen molar-refractivity contribution in [2.24, 2.45) is 0 Å². The van der Waals surface area contributed by atoms with Gasteiger partial charge in [-0.1, -0.05) is 16.8 Å². The number of nitrogens with zero attached hydrogens (tertiary/aromatic N) is 6. The zero-order chi connectivity index (χ0) is 17.9. The molecule has 0 spiro atoms. The third-order valence-corrected chi connectivity index (χ3v) is 3.90. The van der Waals surface area contributed by atoms with Crippen LogP contribution in [0.4, 0.5) is 0 Å². The summed E-state index contributed by atoms with van der Waals surface area (Å²) in [5.41, 5.74) is 2.68. The first-order chi connectivity index (χ1) is 12.8. The maximum atomic E-state index is 5.95. The topological polar surface area (TPSA) is 91.8 Å². The van der Waals surface area contributed by atoms with Gasteiger partial charge in [0.1, 0.15) is 5.69 Å². The van der Waals surface area contributed by atoms with E-state index in [9.17, 15) is 0 Å². The largest absolute Gasteiger partial charge is 0.414 e. The molecule has 0 amide bonds. The number of pyridine rings is 1. The second-order valence-corrected chi connectivity index (χ2v) is 5.80. The Hall–Kier alpha value is -3.10. The fraction of sp³-hybridized carbons (Fsp3) is 0.118. The summed E-state index contributed by atoms with van der Waals surface area (Å²) in [6, 6.07) is 10.9. The van der Waals surface area contributed by atoms with Crippen LogP contribution in [-0.4, -0.2) is 37.3 Å². The zero-order valence-corrected chi connectivity index (χ0v) is 14.5. The van der Waals surface area contributed by atoms with Crippen LogP contribution in [0.15, 0.2) is 53.2 Å². The highest BCUT2D eigenvalue weighted by molar-refractivity contribution is 6.30. The Morgan fingerprint density at radius 2 is 1.88 bits per heavy atom. The Labute approximate surface area is 153 Å². The summed E-state index contributed by atoms with van der Waals surface area (Å²) >= 11 is 5.95. The Morgan fingerprint density at radius 3 is 2.62 bits per heavy atom. The number of hydrogen-bond donors (Lipinski definition) is 0. The van der Waals surface area contributed by atoms with Crippen LogP contribution in [0, 0.1) is 0 Å². The third kappa shape index (κ3) is 3.07. The van der Waals surface area contributed by atoms with Crippen molar-refractivity contribution in [3.63, 3.8) is 0 Å². The number of rotatable bonds is 5. The van der Waals surface area contributed by atoms with E-state index in [1.165, 1.54) is 0 Å². The molecule has 3 aromatic heterocycles. The second-order valence-electron chi connectivity index (χ2n) is 5.36. The molecule has 4 aromatic rings. The minimum atomic E-state index is 0.260. The van der Waals surface area contributed by atoms with Crippen molar-refractivity contribution >= 4 is 11.6 Å². The lowest BCUT2D eigenvalue weighted by Crippen LogP contribution is -2.04. The molecule has 0 N–H and O–H groups in total. The first-order valence-corrected chi connectivity index (χ1v) is 8.08. The van der Waals surface area contributed by atoms with Gasteiger partial charge in [0.05, 0.1) is 17.9 Å². The molecule has 0 radical (unpaired) electrons. The van der Waals surface area contributed by atoms with Crippen LogP contribution in [0.2, 0.25) is 5.02 Å². The summed E-state index contributed by atoms with van der Waals surface area (Å²) in [6.07, 6.45) is 3.33. The predicted octanol–water partition coefficient (Wildman–Crippen LogP) is 3.18. The Kier molecular flexibility index (Phi) is 4.42. The van der Waals surface area contributed by atoms with Gasteiger partial charge in [-0.25, -0.2) is 4.68 Å². The molecule has 0 atom stereocenters. The molecule has 9 heteroatoms. The summed E-state index contributed by atoms with van der Waals surface area (Å²) in [7, 11) is 1.60. The smallest absolute Gasteiger partial charge is 0.270 e. The van der Waals surface area contributed by atoms with Crippen molar-refractivity contribution in [3.8, 4) is 28.7 Å². The van der Waals surface area contributed by atoms with Crippen LogP contribution in [0.3, 0.4) is 0 Å². The van der Waals surface area contributed by atoms with E-state index >= 15 is 0 Å². The lowest BCUT2D eigenvalue weighted by molar-refractivity contribution is 0.179. The molecule has 0 aliphatic heterocycles. The monoisotopic (exact) mass is 368 g/mol. The van der Waals surface area contributed by atoms with Crippen molar-refractivity contribution in [3.05, 3.63) is 59.5 Å². The van der Waals surface area contributed by atoms with E-state index in [4.69, 9.17) is 20.8 Å². The molecular formula is C17H13ClN6O2. The van der Waals surface area contributed by atoms with Gasteiger partial charge in [0.15, 0.2) is 5.69 Å². The molecule has 0 unspecified atom stereocenters. The SMILES string of the molecule is COCc1c(-c2nnc(-c3cccnc3)o2)nnn1-c1ccc(Cl)cc1. The maximum Gasteiger partial charge on any atom is 0.270 e. The number of benzene rings is 1. The van der Waals surface area contributed by atoms with Gasteiger partial charge >= 0.3 is 0 Å². The fourth-order valence-electron chi connectivity index (χ4n) is 2.45. The van der Waals surface area contributed by atoms with E-state index in [2.05, 4.69) is 25.5 Å². The Bertz CT molecular complexity index is 1010. The summed E-state index contributed by atoms with van der Waals surface area (Å²) in [4.78, 5) is 4.05. The van der Waals surface area contributed by atoms with Crippen molar-refractivity contribution < 1.29 is 9.15 Å². The number of hydrogen-bond acceptors (Lipinski definition) is 7. The van der Waals surface area contributed by atoms with E-state index in [0.717, 1.165) is 11.3 Å². The molecule has 0 aliphatic rings. The number of ether oxygens (including phenoxy) is 1. The average Bonchev–Trinajstić information content (AvgIpc) is 3.31. The average molecular weight is 369 g/mol. The minimum absolute atomic E-state index is 0.260. The van der Waals surface area contributed by atoms with Gasteiger partial charge in [-0.05, 0) is 36.4 Å². The molecule has 26 heavy (non-hydrogen) atoms.